The van der Waals surface area contributed by atoms with Crippen molar-refractivity contribution < 1.29 is 9.53 Å². The second-order valence-corrected chi connectivity index (χ2v) is 4.08. The van der Waals surface area contributed by atoms with E-state index >= 15 is 0 Å². The van der Waals surface area contributed by atoms with Crippen LogP contribution in [0.1, 0.15) is 34.1 Å². The van der Waals surface area contributed by atoms with Crippen LogP contribution in [0.3, 0.4) is 0 Å². The van der Waals surface area contributed by atoms with Crippen LogP contribution in [-0.4, -0.2) is 36.6 Å². The van der Waals surface area contributed by atoms with E-state index in [2.05, 4.69) is 37.3 Å². The number of carbonyl (C=O) groups is 1. The third kappa shape index (κ3) is 4.88. The SMILES string of the molecule is CCN(CCC(=O)OC)C(C)(C)C. The Kier molecular flexibility index (Phi) is 4.99. The Labute approximate surface area is 81.1 Å². The lowest BCUT2D eigenvalue weighted by Gasteiger charge is -2.34. The zero-order valence-electron chi connectivity index (χ0n) is 9.39. The number of esters is 1. The quantitative estimate of drug-likeness (QED) is 0.627. The molecule has 0 saturated heterocycles. The van der Waals surface area contributed by atoms with Crippen molar-refractivity contribution in [3.05, 3.63) is 0 Å². The molecule has 0 rings (SSSR count). The van der Waals surface area contributed by atoms with Crippen LogP contribution in [-0.2, 0) is 9.53 Å². The van der Waals surface area contributed by atoms with E-state index in [-0.39, 0.29) is 11.5 Å². The van der Waals surface area contributed by atoms with Gasteiger partial charge in [0.15, 0.2) is 0 Å². The Hall–Kier alpha value is -0.570. The third-order valence-corrected chi connectivity index (χ3v) is 2.14. The standard InChI is InChI=1S/C10H21NO2/c1-6-11(10(2,3)4)8-7-9(12)13-5/h6-8H2,1-5H3. The molecule has 0 N–H and O–H groups in total. The van der Waals surface area contributed by atoms with Gasteiger partial charge in [0.05, 0.1) is 13.5 Å². The first-order valence-corrected chi connectivity index (χ1v) is 4.73. The third-order valence-electron chi connectivity index (χ3n) is 2.14. The lowest BCUT2D eigenvalue weighted by atomic mass is 10.1. The summed E-state index contributed by atoms with van der Waals surface area (Å²) in [7, 11) is 1.43. The van der Waals surface area contributed by atoms with Gasteiger partial charge in [-0.05, 0) is 27.3 Å². The number of nitrogens with zero attached hydrogens (tertiary/aromatic N) is 1. The van der Waals surface area contributed by atoms with E-state index < -0.39 is 0 Å². The van der Waals surface area contributed by atoms with Crippen LogP contribution in [0.4, 0.5) is 0 Å². The maximum absolute atomic E-state index is 10.9. The average molecular weight is 187 g/mol. The lowest BCUT2D eigenvalue weighted by Crippen LogP contribution is -2.42. The summed E-state index contributed by atoms with van der Waals surface area (Å²) in [5.74, 6) is -0.136. The fourth-order valence-electron chi connectivity index (χ4n) is 1.30. The van der Waals surface area contributed by atoms with Crippen LogP contribution in [0.5, 0.6) is 0 Å². The second-order valence-electron chi connectivity index (χ2n) is 4.08. The molecule has 3 nitrogen and oxygen atoms in total. The van der Waals surface area contributed by atoms with E-state index in [4.69, 9.17) is 0 Å². The molecule has 78 valence electrons. The highest BCUT2D eigenvalue weighted by molar-refractivity contribution is 5.69. The molecular weight excluding hydrogens is 166 g/mol. The van der Waals surface area contributed by atoms with Gasteiger partial charge in [-0.3, -0.25) is 9.69 Å². The van der Waals surface area contributed by atoms with Gasteiger partial charge in [-0.15, -0.1) is 0 Å². The maximum Gasteiger partial charge on any atom is 0.306 e. The summed E-state index contributed by atoms with van der Waals surface area (Å²) in [6, 6.07) is 0. The Balaban J connectivity index is 3.93. The van der Waals surface area contributed by atoms with Gasteiger partial charge < -0.3 is 4.74 Å². The van der Waals surface area contributed by atoms with Crippen molar-refractivity contribution in [1.82, 2.24) is 4.90 Å². The number of hydrogen-bond acceptors (Lipinski definition) is 3. The summed E-state index contributed by atoms with van der Waals surface area (Å²) >= 11 is 0. The molecule has 0 aliphatic carbocycles. The molecule has 0 unspecified atom stereocenters. The summed E-state index contributed by atoms with van der Waals surface area (Å²) in [4.78, 5) is 13.2. The Morgan fingerprint density at radius 2 is 1.92 bits per heavy atom. The monoisotopic (exact) mass is 187 g/mol. The van der Waals surface area contributed by atoms with Gasteiger partial charge >= 0.3 is 5.97 Å². The molecule has 0 atom stereocenters. The summed E-state index contributed by atoms with van der Waals surface area (Å²) < 4.78 is 4.59. The molecule has 0 aromatic carbocycles. The predicted octanol–water partition coefficient (Wildman–Crippen LogP) is 1.67. The second kappa shape index (κ2) is 5.22. The lowest BCUT2D eigenvalue weighted by molar-refractivity contribution is -0.141. The molecule has 0 saturated carbocycles. The largest absolute Gasteiger partial charge is 0.469 e. The summed E-state index contributed by atoms with van der Waals surface area (Å²) in [6.45, 7) is 10.3. The molecule has 0 heterocycles. The molecular formula is C10H21NO2. The molecule has 0 aromatic rings. The zero-order chi connectivity index (χ0) is 10.5. The first-order valence-electron chi connectivity index (χ1n) is 4.73. The minimum atomic E-state index is -0.136. The molecule has 0 aromatic heterocycles. The Morgan fingerprint density at radius 1 is 1.38 bits per heavy atom. The van der Waals surface area contributed by atoms with Crippen molar-refractivity contribution in [2.45, 2.75) is 39.7 Å². The van der Waals surface area contributed by atoms with Crippen molar-refractivity contribution in [3.8, 4) is 0 Å². The van der Waals surface area contributed by atoms with Crippen molar-refractivity contribution in [2.24, 2.45) is 0 Å². The van der Waals surface area contributed by atoms with Gasteiger partial charge in [-0.1, -0.05) is 6.92 Å². The average Bonchev–Trinajstić information content (AvgIpc) is 2.02. The van der Waals surface area contributed by atoms with E-state index in [0.29, 0.717) is 6.42 Å². The highest BCUT2D eigenvalue weighted by Gasteiger charge is 2.19. The smallest absolute Gasteiger partial charge is 0.306 e. The normalized spacial score (nSPS) is 11.8. The van der Waals surface area contributed by atoms with E-state index in [1.165, 1.54) is 7.11 Å². The number of ether oxygens (including phenoxy) is 1. The van der Waals surface area contributed by atoms with Crippen LogP contribution in [0, 0.1) is 0 Å². The van der Waals surface area contributed by atoms with Crippen molar-refractivity contribution in [1.29, 1.82) is 0 Å². The Morgan fingerprint density at radius 3 is 2.23 bits per heavy atom. The molecule has 13 heavy (non-hydrogen) atoms. The van der Waals surface area contributed by atoms with Gasteiger partial charge in [-0.2, -0.15) is 0 Å². The number of hydrogen-bond donors (Lipinski definition) is 0. The molecule has 0 spiro atoms. The van der Waals surface area contributed by atoms with Crippen LogP contribution in [0.25, 0.3) is 0 Å². The Bertz CT molecular complexity index is 161. The first-order chi connectivity index (χ1) is 5.91. The molecule has 3 heteroatoms. The molecule has 0 aliphatic rings. The molecule has 0 fully saturated rings. The molecule has 0 bridgehead atoms. The van der Waals surface area contributed by atoms with Crippen LogP contribution >= 0.6 is 0 Å². The van der Waals surface area contributed by atoms with Crippen molar-refractivity contribution in [2.75, 3.05) is 20.2 Å². The van der Waals surface area contributed by atoms with Crippen LogP contribution < -0.4 is 0 Å². The predicted molar refractivity (Wildman–Crippen MR) is 53.6 cm³/mol. The van der Waals surface area contributed by atoms with E-state index in [1.807, 2.05) is 0 Å². The summed E-state index contributed by atoms with van der Waals surface area (Å²) in [5, 5.41) is 0. The summed E-state index contributed by atoms with van der Waals surface area (Å²) in [6.07, 6.45) is 0.474. The fourth-order valence-corrected chi connectivity index (χ4v) is 1.30. The fraction of sp³-hybridized carbons (Fsp3) is 0.900. The maximum atomic E-state index is 10.9. The highest BCUT2D eigenvalue weighted by Crippen LogP contribution is 2.12. The van der Waals surface area contributed by atoms with Crippen molar-refractivity contribution in [3.63, 3.8) is 0 Å². The number of carbonyl (C=O) groups excluding carboxylic acids is 1. The van der Waals surface area contributed by atoms with Crippen LogP contribution in [0.2, 0.25) is 0 Å². The molecule has 0 aliphatic heterocycles. The van der Waals surface area contributed by atoms with E-state index in [9.17, 15) is 4.79 Å². The topological polar surface area (TPSA) is 29.5 Å². The molecule has 0 radical (unpaired) electrons. The van der Waals surface area contributed by atoms with E-state index in [0.717, 1.165) is 13.1 Å². The highest BCUT2D eigenvalue weighted by atomic mass is 16.5. The van der Waals surface area contributed by atoms with Gasteiger partial charge in [0.25, 0.3) is 0 Å². The van der Waals surface area contributed by atoms with Gasteiger partial charge in [-0.25, -0.2) is 0 Å². The van der Waals surface area contributed by atoms with Gasteiger partial charge in [0, 0.05) is 12.1 Å². The molecule has 0 amide bonds. The van der Waals surface area contributed by atoms with Crippen molar-refractivity contribution >= 4 is 5.97 Å². The first kappa shape index (κ1) is 12.4. The minimum Gasteiger partial charge on any atom is -0.469 e. The van der Waals surface area contributed by atoms with Gasteiger partial charge in [0.2, 0.25) is 0 Å². The summed E-state index contributed by atoms with van der Waals surface area (Å²) in [5.41, 5.74) is 0.128. The zero-order valence-corrected chi connectivity index (χ0v) is 9.39. The number of rotatable bonds is 4. The van der Waals surface area contributed by atoms with Crippen LogP contribution in [0.15, 0.2) is 0 Å². The minimum absolute atomic E-state index is 0.128. The number of methoxy groups -OCH3 is 1. The van der Waals surface area contributed by atoms with E-state index in [1.54, 1.807) is 0 Å². The van der Waals surface area contributed by atoms with Gasteiger partial charge in [0.1, 0.15) is 0 Å².